The number of hydrogen-bond acceptors (Lipinski definition) is 3. The molecule has 0 aromatic rings. The molecule has 4 fully saturated rings. The maximum atomic E-state index is 12.8. The van der Waals surface area contributed by atoms with Crippen LogP contribution in [0.1, 0.15) is 32.1 Å². The molecule has 0 spiro atoms. The van der Waals surface area contributed by atoms with Crippen molar-refractivity contribution < 1.29 is 9.59 Å². The number of hydrogen-bond donors (Lipinski definition) is 1. The van der Waals surface area contributed by atoms with E-state index in [1.807, 2.05) is 9.80 Å². The highest BCUT2D eigenvalue weighted by Gasteiger charge is 2.50. The van der Waals surface area contributed by atoms with Gasteiger partial charge in [-0.1, -0.05) is 0 Å². The molecule has 3 aliphatic carbocycles. The molecule has 1 aliphatic heterocycles. The third kappa shape index (κ3) is 2.26. The fraction of sp³-hybridized carbons (Fsp3) is 0.875. The summed E-state index contributed by atoms with van der Waals surface area (Å²) in [6, 6.07) is 0.0716. The van der Waals surface area contributed by atoms with Gasteiger partial charge in [-0.3, -0.25) is 9.59 Å². The van der Waals surface area contributed by atoms with Crippen molar-refractivity contribution in [3.63, 3.8) is 0 Å². The zero-order chi connectivity index (χ0) is 14.6. The predicted octanol–water partition coefficient (Wildman–Crippen LogP) is 0.441. The van der Waals surface area contributed by atoms with Crippen LogP contribution in [0, 0.1) is 23.7 Å². The van der Waals surface area contributed by atoms with Crippen molar-refractivity contribution in [2.75, 3.05) is 26.2 Å². The first-order valence-corrected chi connectivity index (χ1v) is 8.48. The summed E-state index contributed by atoms with van der Waals surface area (Å²) < 4.78 is 0. The van der Waals surface area contributed by atoms with Gasteiger partial charge in [0.05, 0.1) is 5.92 Å². The molecule has 2 N–H and O–H groups in total. The maximum Gasteiger partial charge on any atom is 0.227 e. The van der Waals surface area contributed by atoms with E-state index in [2.05, 4.69) is 0 Å². The van der Waals surface area contributed by atoms with E-state index in [9.17, 15) is 9.59 Å². The molecule has 0 aromatic carbocycles. The summed E-state index contributed by atoms with van der Waals surface area (Å²) in [5, 5.41) is 0. The molecule has 2 bridgehead atoms. The fourth-order valence-corrected chi connectivity index (χ4v) is 4.65. The molecule has 2 amide bonds. The van der Waals surface area contributed by atoms with Crippen LogP contribution in [0.15, 0.2) is 0 Å². The van der Waals surface area contributed by atoms with E-state index in [1.165, 1.54) is 12.8 Å². The molecule has 1 heterocycles. The minimum atomic E-state index is 0.0504. The molecule has 4 unspecified atom stereocenters. The third-order valence-electron chi connectivity index (χ3n) is 6.10. The number of amides is 2. The molecule has 0 aromatic heterocycles. The lowest BCUT2D eigenvalue weighted by Crippen LogP contribution is -2.55. The Kier molecular flexibility index (Phi) is 3.21. The van der Waals surface area contributed by atoms with Gasteiger partial charge >= 0.3 is 0 Å². The Morgan fingerprint density at radius 1 is 0.810 bits per heavy atom. The highest BCUT2D eigenvalue weighted by atomic mass is 16.2. The Morgan fingerprint density at radius 3 is 1.90 bits per heavy atom. The molecule has 4 atom stereocenters. The molecule has 116 valence electrons. The number of piperazine rings is 1. The second-order valence-corrected chi connectivity index (χ2v) is 7.36. The topological polar surface area (TPSA) is 66.6 Å². The van der Waals surface area contributed by atoms with Crippen LogP contribution in [0.3, 0.4) is 0 Å². The van der Waals surface area contributed by atoms with Crippen molar-refractivity contribution in [2.45, 2.75) is 38.1 Å². The molecule has 4 aliphatic rings. The van der Waals surface area contributed by atoms with Gasteiger partial charge in [-0.15, -0.1) is 0 Å². The van der Waals surface area contributed by atoms with Gasteiger partial charge in [0.1, 0.15) is 0 Å². The Hall–Kier alpha value is -1.10. The third-order valence-corrected chi connectivity index (χ3v) is 6.10. The lowest BCUT2D eigenvalue weighted by Gasteiger charge is -2.38. The maximum absolute atomic E-state index is 12.8. The second kappa shape index (κ2) is 4.97. The molecule has 3 saturated carbocycles. The van der Waals surface area contributed by atoms with E-state index in [4.69, 9.17) is 5.73 Å². The van der Waals surface area contributed by atoms with Crippen molar-refractivity contribution in [2.24, 2.45) is 29.4 Å². The van der Waals surface area contributed by atoms with Crippen molar-refractivity contribution in [3.05, 3.63) is 0 Å². The van der Waals surface area contributed by atoms with Gasteiger partial charge in [0.15, 0.2) is 0 Å². The second-order valence-electron chi connectivity index (χ2n) is 7.36. The van der Waals surface area contributed by atoms with Crippen molar-refractivity contribution in [1.29, 1.82) is 0 Å². The number of carbonyl (C=O) groups is 2. The molecule has 5 heteroatoms. The average Bonchev–Trinajstić information content (AvgIpc) is 3.18. The van der Waals surface area contributed by atoms with Crippen LogP contribution in [0.25, 0.3) is 0 Å². The zero-order valence-corrected chi connectivity index (χ0v) is 12.5. The molecular weight excluding hydrogens is 266 g/mol. The first kappa shape index (κ1) is 13.6. The van der Waals surface area contributed by atoms with Gasteiger partial charge in [-0.25, -0.2) is 0 Å². The zero-order valence-electron chi connectivity index (χ0n) is 12.5. The highest BCUT2D eigenvalue weighted by molar-refractivity contribution is 5.83. The standard InChI is InChI=1S/C16H25N3O2/c17-14-12-4-3-11(9-12)13(14)16(21)19-7-5-18(6-8-19)15(20)10-1-2-10/h10-14H,1-9,17H2. The van der Waals surface area contributed by atoms with Gasteiger partial charge in [0.25, 0.3) is 0 Å². The van der Waals surface area contributed by atoms with Gasteiger partial charge in [-0.2, -0.15) is 0 Å². The molecule has 0 radical (unpaired) electrons. The number of rotatable bonds is 2. The van der Waals surface area contributed by atoms with E-state index in [0.29, 0.717) is 43.9 Å². The van der Waals surface area contributed by atoms with E-state index in [0.717, 1.165) is 19.3 Å². The van der Waals surface area contributed by atoms with E-state index in [-0.39, 0.29) is 23.8 Å². The fourth-order valence-electron chi connectivity index (χ4n) is 4.65. The van der Waals surface area contributed by atoms with Crippen LogP contribution in [0.2, 0.25) is 0 Å². The van der Waals surface area contributed by atoms with Gasteiger partial charge in [0.2, 0.25) is 11.8 Å². The Morgan fingerprint density at radius 2 is 1.38 bits per heavy atom. The van der Waals surface area contributed by atoms with Gasteiger partial charge in [0, 0.05) is 38.1 Å². The summed E-state index contributed by atoms with van der Waals surface area (Å²) in [5.74, 6) is 1.98. The average molecular weight is 291 g/mol. The Labute approximate surface area is 125 Å². The van der Waals surface area contributed by atoms with Crippen molar-refractivity contribution >= 4 is 11.8 Å². The lowest BCUT2D eigenvalue weighted by molar-refractivity contribution is -0.144. The number of nitrogens with two attached hydrogens (primary N) is 1. The largest absolute Gasteiger partial charge is 0.339 e. The van der Waals surface area contributed by atoms with Crippen LogP contribution < -0.4 is 5.73 Å². The summed E-state index contributed by atoms with van der Waals surface area (Å²) >= 11 is 0. The summed E-state index contributed by atoms with van der Waals surface area (Å²) in [7, 11) is 0. The summed E-state index contributed by atoms with van der Waals surface area (Å²) in [6.07, 6.45) is 5.64. The van der Waals surface area contributed by atoms with Crippen LogP contribution in [0.5, 0.6) is 0 Å². The van der Waals surface area contributed by atoms with Crippen LogP contribution in [-0.4, -0.2) is 53.8 Å². The summed E-state index contributed by atoms with van der Waals surface area (Å²) in [4.78, 5) is 28.7. The minimum Gasteiger partial charge on any atom is -0.339 e. The molecule has 4 rings (SSSR count). The summed E-state index contributed by atoms with van der Waals surface area (Å²) in [6.45, 7) is 2.80. The normalized spacial score (nSPS) is 38.9. The summed E-state index contributed by atoms with van der Waals surface area (Å²) in [5.41, 5.74) is 6.28. The SMILES string of the molecule is NC1C2CCC(C2)C1C(=O)N1CCN(C(=O)C2CC2)CC1. The van der Waals surface area contributed by atoms with Crippen molar-refractivity contribution in [1.82, 2.24) is 9.80 Å². The lowest BCUT2D eigenvalue weighted by atomic mass is 9.84. The first-order chi connectivity index (χ1) is 10.1. The Balaban J connectivity index is 1.35. The van der Waals surface area contributed by atoms with E-state index >= 15 is 0 Å². The van der Waals surface area contributed by atoms with Crippen LogP contribution in [0.4, 0.5) is 0 Å². The van der Waals surface area contributed by atoms with Crippen LogP contribution in [-0.2, 0) is 9.59 Å². The predicted molar refractivity (Wildman–Crippen MR) is 78.2 cm³/mol. The molecule has 1 saturated heterocycles. The number of carbonyl (C=O) groups excluding carboxylic acids is 2. The number of nitrogens with zero attached hydrogens (tertiary/aromatic N) is 2. The smallest absolute Gasteiger partial charge is 0.227 e. The first-order valence-electron chi connectivity index (χ1n) is 8.48. The van der Waals surface area contributed by atoms with Crippen molar-refractivity contribution in [3.8, 4) is 0 Å². The van der Waals surface area contributed by atoms with E-state index < -0.39 is 0 Å². The van der Waals surface area contributed by atoms with Gasteiger partial charge in [-0.05, 0) is 43.9 Å². The highest BCUT2D eigenvalue weighted by Crippen LogP contribution is 2.48. The van der Waals surface area contributed by atoms with Gasteiger partial charge < -0.3 is 15.5 Å². The quantitative estimate of drug-likeness (QED) is 0.803. The number of fused-ring (bicyclic) bond motifs is 2. The monoisotopic (exact) mass is 291 g/mol. The van der Waals surface area contributed by atoms with Crippen LogP contribution >= 0.6 is 0 Å². The molecule has 5 nitrogen and oxygen atoms in total. The minimum absolute atomic E-state index is 0.0504. The Bertz CT molecular complexity index is 452. The molecule has 21 heavy (non-hydrogen) atoms. The molecular formula is C16H25N3O2. The van der Waals surface area contributed by atoms with E-state index in [1.54, 1.807) is 0 Å².